The van der Waals surface area contributed by atoms with E-state index in [-0.39, 0.29) is 11.3 Å². The minimum absolute atomic E-state index is 0.175. The van der Waals surface area contributed by atoms with Gasteiger partial charge in [-0.15, -0.1) is 0 Å². The molecule has 4 rings (SSSR count). The van der Waals surface area contributed by atoms with Crippen LogP contribution < -0.4 is 15.5 Å². The second-order valence-electron chi connectivity index (χ2n) is 6.94. The lowest BCUT2D eigenvalue weighted by Crippen LogP contribution is -2.30. The topological polar surface area (TPSA) is 68.5 Å². The summed E-state index contributed by atoms with van der Waals surface area (Å²) < 4.78 is 11.5. The Bertz CT molecular complexity index is 1330. The number of nitrogens with one attached hydrogen (secondary N) is 1. The minimum atomic E-state index is -0.740. The Kier molecular flexibility index (Phi) is 5.41. The molecule has 5 nitrogen and oxygen atoms in total. The first-order valence-corrected chi connectivity index (χ1v) is 9.97. The Morgan fingerprint density at radius 2 is 1.70 bits per heavy atom. The average molecular weight is 442 g/mol. The summed E-state index contributed by atoms with van der Waals surface area (Å²) in [5, 5.41) is 4.70. The highest BCUT2D eigenvalue weighted by Gasteiger charge is 2.16. The van der Waals surface area contributed by atoms with E-state index in [0.717, 1.165) is 5.56 Å². The summed E-state index contributed by atoms with van der Waals surface area (Å²) in [5.74, 6) is 0.196. The van der Waals surface area contributed by atoms with Crippen molar-refractivity contribution in [3.63, 3.8) is 0 Å². The third kappa shape index (κ3) is 3.99. The molecule has 0 aliphatic carbocycles. The molecule has 0 saturated carbocycles. The Hall–Kier alpha value is -3.02. The van der Waals surface area contributed by atoms with Gasteiger partial charge in [0.1, 0.15) is 16.9 Å². The fourth-order valence-electron chi connectivity index (χ4n) is 3.07. The van der Waals surface area contributed by atoms with Crippen LogP contribution in [-0.4, -0.2) is 12.0 Å². The van der Waals surface area contributed by atoms with Gasteiger partial charge in [0.2, 0.25) is 5.43 Å². The number of hydrogen-bond acceptors (Lipinski definition) is 4. The van der Waals surface area contributed by atoms with Crippen molar-refractivity contribution in [2.75, 3.05) is 5.32 Å². The number of aryl methyl sites for hydroxylation is 1. The molecule has 0 aliphatic rings. The summed E-state index contributed by atoms with van der Waals surface area (Å²) >= 11 is 12.0. The first-order chi connectivity index (χ1) is 14.3. The average Bonchev–Trinajstić information content (AvgIpc) is 2.71. The largest absolute Gasteiger partial charge is 0.481 e. The molecule has 1 unspecified atom stereocenters. The lowest BCUT2D eigenvalue weighted by Gasteiger charge is -2.15. The van der Waals surface area contributed by atoms with Crippen LogP contribution in [0.25, 0.3) is 21.9 Å². The predicted octanol–water partition coefficient (Wildman–Crippen LogP) is 5.97. The number of anilines is 1. The molecule has 0 bridgehead atoms. The molecule has 1 aromatic heterocycles. The van der Waals surface area contributed by atoms with E-state index >= 15 is 0 Å². The van der Waals surface area contributed by atoms with Gasteiger partial charge in [0.15, 0.2) is 6.10 Å². The van der Waals surface area contributed by atoms with Gasteiger partial charge in [0.25, 0.3) is 5.91 Å². The molecule has 0 spiro atoms. The molecule has 152 valence electrons. The zero-order valence-electron chi connectivity index (χ0n) is 16.2. The van der Waals surface area contributed by atoms with Gasteiger partial charge < -0.3 is 14.5 Å². The minimum Gasteiger partial charge on any atom is -0.481 e. The summed E-state index contributed by atoms with van der Waals surface area (Å²) in [6, 6.07) is 15.0. The number of rotatable bonds is 4. The van der Waals surface area contributed by atoms with Gasteiger partial charge in [-0.25, -0.2) is 0 Å². The number of ether oxygens (including phenoxy) is 1. The first-order valence-electron chi connectivity index (χ1n) is 9.21. The number of carbonyl (C=O) groups is 1. The van der Waals surface area contributed by atoms with Crippen LogP contribution >= 0.6 is 23.2 Å². The molecule has 0 fully saturated rings. The van der Waals surface area contributed by atoms with E-state index in [0.29, 0.717) is 43.4 Å². The van der Waals surface area contributed by atoms with E-state index in [4.69, 9.17) is 32.4 Å². The van der Waals surface area contributed by atoms with Gasteiger partial charge in [-0.2, -0.15) is 0 Å². The number of hydrogen-bond donors (Lipinski definition) is 1. The molecule has 0 radical (unpaired) electrons. The van der Waals surface area contributed by atoms with Crippen LogP contribution in [0.3, 0.4) is 0 Å². The van der Waals surface area contributed by atoms with Crippen LogP contribution in [0.15, 0.2) is 63.8 Å². The number of amides is 1. The highest BCUT2D eigenvalue weighted by atomic mass is 35.5. The van der Waals surface area contributed by atoms with Crippen molar-refractivity contribution in [1.29, 1.82) is 0 Å². The van der Waals surface area contributed by atoms with E-state index < -0.39 is 6.10 Å². The Morgan fingerprint density at radius 1 is 1.00 bits per heavy atom. The quantitative estimate of drug-likeness (QED) is 0.396. The SMILES string of the molecule is Cc1cc2oc3cc(NC(=O)C(C)Oc4ccc(Cl)cc4)ccc3c(=O)c2cc1Cl. The molecule has 7 heteroatoms. The highest BCUT2D eigenvalue weighted by molar-refractivity contribution is 6.32. The molecule has 0 saturated heterocycles. The monoisotopic (exact) mass is 441 g/mol. The zero-order chi connectivity index (χ0) is 21.4. The molecular formula is C23H17Cl2NO4. The fourth-order valence-corrected chi connectivity index (χ4v) is 3.36. The third-order valence-electron chi connectivity index (χ3n) is 4.71. The Morgan fingerprint density at radius 3 is 2.43 bits per heavy atom. The Labute approximate surface area is 182 Å². The van der Waals surface area contributed by atoms with Crippen molar-refractivity contribution in [2.24, 2.45) is 0 Å². The van der Waals surface area contributed by atoms with Crippen molar-refractivity contribution >= 4 is 56.7 Å². The lowest BCUT2D eigenvalue weighted by molar-refractivity contribution is -0.122. The van der Waals surface area contributed by atoms with Crippen LogP contribution in [0.4, 0.5) is 5.69 Å². The van der Waals surface area contributed by atoms with Crippen LogP contribution in [0, 0.1) is 6.92 Å². The van der Waals surface area contributed by atoms with Crippen LogP contribution in [0.2, 0.25) is 10.0 Å². The smallest absolute Gasteiger partial charge is 0.265 e. The van der Waals surface area contributed by atoms with Gasteiger partial charge in [-0.3, -0.25) is 9.59 Å². The summed E-state index contributed by atoms with van der Waals surface area (Å²) in [7, 11) is 0. The van der Waals surface area contributed by atoms with Gasteiger partial charge in [-0.05, 0) is 67.9 Å². The van der Waals surface area contributed by atoms with Gasteiger partial charge in [0, 0.05) is 21.8 Å². The normalized spacial score (nSPS) is 12.1. The van der Waals surface area contributed by atoms with Crippen molar-refractivity contribution in [1.82, 2.24) is 0 Å². The maximum atomic E-state index is 12.8. The number of carbonyl (C=O) groups excluding carboxylic acids is 1. The van der Waals surface area contributed by atoms with E-state index in [1.54, 1.807) is 61.5 Å². The molecule has 1 N–H and O–H groups in total. The van der Waals surface area contributed by atoms with Gasteiger partial charge in [-0.1, -0.05) is 23.2 Å². The van der Waals surface area contributed by atoms with Crippen molar-refractivity contribution < 1.29 is 13.9 Å². The van der Waals surface area contributed by atoms with Crippen LogP contribution in [0.1, 0.15) is 12.5 Å². The molecular weight excluding hydrogens is 425 g/mol. The molecule has 30 heavy (non-hydrogen) atoms. The van der Waals surface area contributed by atoms with Gasteiger partial charge >= 0.3 is 0 Å². The maximum Gasteiger partial charge on any atom is 0.265 e. The molecule has 0 aliphatic heterocycles. The first kappa shape index (κ1) is 20.3. The number of benzene rings is 3. The third-order valence-corrected chi connectivity index (χ3v) is 5.37. The number of fused-ring (bicyclic) bond motifs is 2. The van der Waals surface area contributed by atoms with E-state index in [1.807, 2.05) is 6.92 Å². The number of halogens is 2. The summed E-state index contributed by atoms with van der Waals surface area (Å²) in [5.41, 5.74) is 1.94. The molecule has 1 heterocycles. The summed E-state index contributed by atoms with van der Waals surface area (Å²) in [6.07, 6.45) is -0.740. The second kappa shape index (κ2) is 8.01. The summed E-state index contributed by atoms with van der Waals surface area (Å²) in [4.78, 5) is 25.3. The van der Waals surface area contributed by atoms with Gasteiger partial charge in [0.05, 0.1) is 10.8 Å². The fraction of sp³-hybridized carbons (Fsp3) is 0.130. The van der Waals surface area contributed by atoms with Crippen LogP contribution in [-0.2, 0) is 4.79 Å². The van der Waals surface area contributed by atoms with Crippen LogP contribution in [0.5, 0.6) is 5.75 Å². The van der Waals surface area contributed by atoms with E-state index in [2.05, 4.69) is 5.32 Å². The molecule has 4 aromatic rings. The molecule has 1 atom stereocenters. The standard InChI is InChI=1S/C23H17Cl2NO4/c1-12-9-20-18(11-19(12)25)22(27)17-8-5-15(10-21(17)30-20)26-23(28)13(2)29-16-6-3-14(24)4-7-16/h3-11,13H,1-2H3,(H,26,28). The van der Waals surface area contributed by atoms with E-state index in [9.17, 15) is 9.59 Å². The lowest BCUT2D eigenvalue weighted by atomic mass is 10.1. The van der Waals surface area contributed by atoms with Crippen molar-refractivity contribution in [3.05, 3.63) is 80.4 Å². The molecule has 3 aromatic carbocycles. The predicted molar refractivity (Wildman–Crippen MR) is 120 cm³/mol. The second-order valence-corrected chi connectivity index (χ2v) is 7.79. The zero-order valence-corrected chi connectivity index (χ0v) is 17.7. The summed E-state index contributed by atoms with van der Waals surface area (Å²) in [6.45, 7) is 3.48. The van der Waals surface area contributed by atoms with Crippen molar-refractivity contribution in [2.45, 2.75) is 20.0 Å². The highest BCUT2D eigenvalue weighted by Crippen LogP contribution is 2.26. The van der Waals surface area contributed by atoms with Crippen molar-refractivity contribution in [3.8, 4) is 5.75 Å². The Balaban J connectivity index is 1.60. The molecule has 1 amide bonds. The van der Waals surface area contributed by atoms with E-state index in [1.165, 1.54) is 0 Å². The maximum absolute atomic E-state index is 12.8.